The van der Waals surface area contributed by atoms with Gasteiger partial charge in [0, 0.05) is 23.0 Å². The van der Waals surface area contributed by atoms with Crippen molar-refractivity contribution in [2.75, 3.05) is 5.32 Å². The SMILES string of the molecule is Cc1cnc(NC(=O)C(C)CCCC(C)N)s1. The standard InChI is InChI=1S/C12H21N3OS/c1-8(5-4-6-9(2)13)11(16)15-12-14-7-10(3)17-12/h7-9H,4-6,13H2,1-3H3,(H,14,15,16). The summed E-state index contributed by atoms with van der Waals surface area (Å²) in [5, 5.41) is 3.52. The second kappa shape index (κ2) is 6.71. The summed E-state index contributed by atoms with van der Waals surface area (Å²) in [4.78, 5) is 17.0. The van der Waals surface area contributed by atoms with Crippen molar-refractivity contribution < 1.29 is 4.79 Å². The number of carbonyl (C=O) groups is 1. The number of aromatic nitrogens is 1. The third kappa shape index (κ3) is 5.28. The van der Waals surface area contributed by atoms with E-state index in [4.69, 9.17) is 5.73 Å². The van der Waals surface area contributed by atoms with Gasteiger partial charge in [0.05, 0.1) is 0 Å². The summed E-state index contributed by atoms with van der Waals surface area (Å²) in [6.45, 7) is 5.90. The van der Waals surface area contributed by atoms with Crippen LogP contribution >= 0.6 is 11.3 Å². The highest BCUT2D eigenvalue weighted by Crippen LogP contribution is 2.18. The fraction of sp³-hybridized carbons (Fsp3) is 0.667. The Hall–Kier alpha value is -0.940. The van der Waals surface area contributed by atoms with Crippen LogP contribution in [0.15, 0.2) is 6.20 Å². The molecule has 2 atom stereocenters. The molecule has 17 heavy (non-hydrogen) atoms. The zero-order chi connectivity index (χ0) is 12.8. The maximum absolute atomic E-state index is 11.8. The van der Waals surface area contributed by atoms with Gasteiger partial charge in [-0.25, -0.2) is 4.98 Å². The molecule has 1 aromatic heterocycles. The summed E-state index contributed by atoms with van der Waals surface area (Å²) in [6.07, 6.45) is 4.59. The fourth-order valence-electron chi connectivity index (χ4n) is 1.52. The molecule has 0 saturated carbocycles. The minimum Gasteiger partial charge on any atom is -0.328 e. The molecule has 0 saturated heterocycles. The van der Waals surface area contributed by atoms with Crippen molar-refractivity contribution in [3.8, 4) is 0 Å². The smallest absolute Gasteiger partial charge is 0.228 e. The molecule has 1 aromatic rings. The molecule has 0 aliphatic carbocycles. The van der Waals surface area contributed by atoms with Crippen LogP contribution in [0.4, 0.5) is 5.13 Å². The summed E-state index contributed by atoms with van der Waals surface area (Å²) < 4.78 is 0. The van der Waals surface area contributed by atoms with E-state index < -0.39 is 0 Å². The van der Waals surface area contributed by atoms with Crippen molar-refractivity contribution in [1.82, 2.24) is 4.98 Å². The molecule has 0 aliphatic rings. The van der Waals surface area contributed by atoms with Crippen LogP contribution in [0.5, 0.6) is 0 Å². The molecule has 0 aliphatic heterocycles. The number of nitrogens with one attached hydrogen (secondary N) is 1. The maximum atomic E-state index is 11.8. The van der Waals surface area contributed by atoms with Gasteiger partial charge < -0.3 is 11.1 Å². The van der Waals surface area contributed by atoms with Crippen molar-refractivity contribution >= 4 is 22.4 Å². The van der Waals surface area contributed by atoms with E-state index in [0.29, 0.717) is 5.13 Å². The molecule has 0 fully saturated rings. The van der Waals surface area contributed by atoms with Gasteiger partial charge in [-0.1, -0.05) is 13.3 Å². The maximum Gasteiger partial charge on any atom is 0.228 e. The number of thiazole rings is 1. The van der Waals surface area contributed by atoms with Crippen molar-refractivity contribution in [3.05, 3.63) is 11.1 Å². The van der Waals surface area contributed by atoms with Gasteiger partial charge in [-0.2, -0.15) is 0 Å². The lowest BCUT2D eigenvalue weighted by atomic mass is 10.0. The number of rotatable bonds is 6. The summed E-state index contributed by atoms with van der Waals surface area (Å²) >= 11 is 1.50. The topological polar surface area (TPSA) is 68.0 Å². The molecule has 1 rings (SSSR count). The second-order valence-corrected chi connectivity index (χ2v) is 5.81. The van der Waals surface area contributed by atoms with Crippen LogP contribution in [0.2, 0.25) is 0 Å². The van der Waals surface area contributed by atoms with Crippen molar-refractivity contribution in [2.45, 2.75) is 46.1 Å². The minimum absolute atomic E-state index is 0.0120. The molecular weight excluding hydrogens is 234 g/mol. The number of anilines is 1. The first kappa shape index (κ1) is 14.1. The van der Waals surface area contributed by atoms with Gasteiger partial charge in [0.15, 0.2) is 5.13 Å². The normalized spacial score (nSPS) is 14.4. The number of nitrogens with zero attached hydrogens (tertiary/aromatic N) is 1. The lowest BCUT2D eigenvalue weighted by Gasteiger charge is -2.11. The molecule has 0 radical (unpaired) electrons. The van der Waals surface area contributed by atoms with Crippen LogP contribution in [-0.4, -0.2) is 16.9 Å². The Bertz CT molecular complexity index is 362. The third-order valence-corrected chi connectivity index (χ3v) is 3.42. The molecule has 0 aromatic carbocycles. The first-order valence-corrected chi connectivity index (χ1v) is 6.79. The molecule has 1 amide bonds. The van der Waals surface area contributed by atoms with Crippen molar-refractivity contribution in [1.29, 1.82) is 0 Å². The lowest BCUT2D eigenvalue weighted by Crippen LogP contribution is -2.21. The second-order valence-electron chi connectivity index (χ2n) is 4.57. The van der Waals surface area contributed by atoms with E-state index in [2.05, 4.69) is 10.3 Å². The van der Waals surface area contributed by atoms with Gasteiger partial charge in [-0.15, -0.1) is 11.3 Å². The fourth-order valence-corrected chi connectivity index (χ4v) is 2.19. The Labute approximate surface area is 107 Å². The highest BCUT2D eigenvalue weighted by atomic mass is 32.1. The number of aryl methyl sites for hydroxylation is 1. The molecule has 5 heteroatoms. The van der Waals surface area contributed by atoms with E-state index in [9.17, 15) is 4.79 Å². The van der Waals surface area contributed by atoms with Crippen molar-refractivity contribution in [2.24, 2.45) is 11.7 Å². The summed E-state index contributed by atoms with van der Waals surface area (Å²) in [5.41, 5.74) is 5.67. The highest BCUT2D eigenvalue weighted by molar-refractivity contribution is 7.15. The quantitative estimate of drug-likeness (QED) is 0.820. The van der Waals surface area contributed by atoms with Crippen LogP contribution in [0.3, 0.4) is 0 Å². The lowest BCUT2D eigenvalue weighted by molar-refractivity contribution is -0.119. The average Bonchev–Trinajstić information content (AvgIpc) is 2.63. The number of amides is 1. The Balaban J connectivity index is 2.32. The van der Waals surface area contributed by atoms with Gasteiger partial charge in [0.1, 0.15) is 0 Å². The van der Waals surface area contributed by atoms with Crippen LogP contribution < -0.4 is 11.1 Å². The van der Waals surface area contributed by atoms with Gasteiger partial charge in [-0.05, 0) is 26.7 Å². The average molecular weight is 255 g/mol. The molecule has 0 bridgehead atoms. The first-order valence-electron chi connectivity index (χ1n) is 5.98. The monoisotopic (exact) mass is 255 g/mol. The van der Waals surface area contributed by atoms with Gasteiger partial charge in [0.2, 0.25) is 5.91 Å². The summed E-state index contributed by atoms with van der Waals surface area (Å²) in [6, 6.07) is 0.215. The number of carbonyl (C=O) groups excluding carboxylic acids is 1. The predicted molar refractivity (Wildman–Crippen MR) is 72.1 cm³/mol. The van der Waals surface area contributed by atoms with Crippen LogP contribution in [0, 0.1) is 12.8 Å². The van der Waals surface area contributed by atoms with E-state index in [0.717, 1.165) is 24.1 Å². The van der Waals surface area contributed by atoms with E-state index in [1.54, 1.807) is 6.20 Å². The zero-order valence-corrected chi connectivity index (χ0v) is 11.5. The summed E-state index contributed by atoms with van der Waals surface area (Å²) in [5.74, 6) is 0.0574. The van der Waals surface area contributed by atoms with E-state index in [1.807, 2.05) is 20.8 Å². The summed E-state index contributed by atoms with van der Waals surface area (Å²) in [7, 11) is 0. The molecular formula is C12H21N3OS. The van der Waals surface area contributed by atoms with E-state index in [-0.39, 0.29) is 17.9 Å². The zero-order valence-electron chi connectivity index (χ0n) is 10.7. The molecule has 1 heterocycles. The Kier molecular flexibility index (Phi) is 5.58. The van der Waals surface area contributed by atoms with E-state index in [1.165, 1.54) is 11.3 Å². The molecule has 2 unspecified atom stereocenters. The molecule has 3 N–H and O–H groups in total. The Morgan fingerprint density at radius 3 is 2.76 bits per heavy atom. The van der Waals surface area contributed by atoms with Gasteiger partial charge in [0.25, 0.3) is 0 Å². The number of nitrogens with two attached hydrogens (primary N) is 1. The highest BCUT2D eigenvalue weighted by Gasteiger charge is 2.14. The number of hydrogen-bond donors (Lipinski definition) is 2. The molecule has 0 spiro atoms. The van der Waals surface area contributed by atoms with Crippen LogP contribution in [0.25, 0.3) is 0 Å². The van der Waals surface area contributed by atoms with Gasteiger partial charge >= 0.3 is 0 Å². The van der Waals surface area contributed by atoms with Crippen molar-refractivity contribution in [3.63, 3.8) is 0 Å². The Morgan fingerprint density at radius 1 is 1.53 bits per heavy atom. The number of hydrogen-bond acceptors (Lipinski definition) is 4. The third-order valence-electron chi connectivity index (χ3n) is 2.60. The van der Waals surface area contributed by atoms with Crippen LogP contribution in [-0.2, 0) is 4.79 Å². The predicted octanol–water partition coefficient (Wildman–Crippen LogP) is 2.54. The Morgan fingerprint density at radius 2 is 2.24 bits per heavy atom. The van der Waals surface area contributed by atoms with Crippen LogP contribution in [0.1, 0.15) is 38.0 Å². The largest absolute Gasteiger partial charge is 0.328 e. The minimum atomic E-state index is 0.0120. The first-order chi connectivity index (χ1) is 7.99. The molecule has 4 nitrogen and oxygen atoms in total. The van der Waals surface area contributed by atoms with E-state index >= 15 is 0 Å². The van der Waals surface area contributed by atoms with Gasteiger partial charge in [-0.3, -0.25) is 4.79 Å². The molecule has 96 valence electrons.